The largest absolute Gasteiger partial charge is 0.497 e. The summed E-state index contributed by atoms with van der Waals surface area (Å²) in [5.74, 6) is 0.934. The third-order valence-corrected chi connectivity index (χ3v) is 4.55. The van der Waals surface area contributed by atoms with Crippen LogP contribution in [0.15, 0.2) is 24.3 Å². The zero-order chi connectivity index (χ0) is 15.9. The number of ether oxygens (including phenoxy) is 1. The molecule has 0 fully saturated rings. The standard InChI is InChI=1S/C15H26N2O3S/c1-12(2)17-21(18,19)10-9-16-13(3)11-14-5-7-15(20-4)8-6-14/h5-8,12-13,16-17H,9-11H2,1-4H3/t13-/m0/s1. The summed E-state index contributed by atoms with van der Waals surface area (Å²) in [7, 11) is -1.54. The summed E-state index contributed by atoms with van der Waals surface area (Å²) in [4.78, 5) is 0. The molecule has 0 aliphatic rings. The van der Waals surface area contributed by atoms with E-state index in [1.165, 1.54) is 5.56 Å². The summed E-state index contributed by atoms with van der Waals surface area (Å²) >= 11 is 0. The third kappa shape index (κ3) is 7.45. The van der Waals surface area contributed by atoms with Crippen LogP contribution in [-0.2, 0) is 16.4 Å². The minimum Gasteiger partial charge on any atom is -0.497 e. The van der Waals surface area contributed by atoms with Gasteiger partial charge in [-0.25, -0.2) is 13.1 Å². The molecule has 0 spiro atoms. The highest BCUT2D eigenvalue weighted by molar-refractivity contribution is 7.89. The molecule has 0 aliphatic heterocycles. The van der Waals surface area contributed by atoms with Crippen LogP contribution in [0.25, 0.3) is 0 Å². The van der Waals surface area contributed by atoms with Crippen LogP contribution < -0.4 is 14.8 Å². The van der Waals surface area contributed by atoms with Crippen LogP contribution in [0.5, 0.6) is 5.75 Å². The van der Waals surface area contributed by atoms with Crippen LogP contribution in [-0.4, -0.2) is 39.9 Å². The summed E-state index contributed by atoms with van der Waals surface area (Å²) in [6.07, 6.45) is 0.849. The molecule has 0 saturated carbocycles. The van der Waals surface area contributed by atoms with Gasteiger partial charge in [0.2, 0.25) is 10.0 Å². The fourth-order valence-electron chi connectivity index (χ4n) is 2.05. The molecule has 0 aliphatic carbocycles. The fourth-order valence-corrected chi connectivity index (χ4v) is 3.27. The predicted molar refractivity (Wildman–Crippen MR) is 86.2 cm³/mol. The summed E-state index contributed by atoms with van der Waals surface area (Å²) in [6, 6.07) is 8.06. The normalized spacial score (nSPS) is 13.4. The molecule has 1 atom stereocenters. The van der Waals surface area contributed by atoms with Gasteiger partial charge in [0, 0.05) is 18.6 Å². The van der Waals surface area contributed by atoms with E-state index in [4.69, 9.17) is 4.74 Å². The Balaban J connectivity index is 2.35. The van der Waals surface area contributed by atoms with Crippen molar-refractivity contribution in [1.82, 2.24) is 10.0 Å². The SMILES string of the molecule is COc1ccc(C[C@H](C)NCCS(=O)(=O)NC(C)C)cc1. The van der Waals surface area contributed by atoms with E-state index in [-0.39, 0.29) is 17.8 Å². The van der Waals surface area contributed by atoms with Gasteiger partial charge < -0.3 is 10.1 Å². The van der Waals surface area contributed by atoms with Gasteiger partial charge in [0.05, 0.1) is 12.9 Å². The molecule has 0 radical (unpaired) electrons. The molecule has 0 heterocycles. The van der Waals surface area contributed by atoms with Crippen molar-refractivity contribution in [3.63, 3.8) is 0 Å². The number of methoxy groups -OCH3 is 1. The molecule has 1 aromatic carbocycles. The van der Waals surface area contributed by atoms with Crippen molar-refractivity contribution in [3.8, 4) is 5.75 Å². The molecule has 0 amide bonds. The minimum atomic E-state index is -3.19. The van der Waals surface area contributed by atoms with Gasteiger partial charge in [-0.15, -0.1) is 0 Å². The summed E-state index contributed by atoms with van der Waals surface area (Å²) < 4.78 is 31.1. The highest BCUT2D eigenvalue weighted by atomic mass is 32.2. The smallest absolute Gasteiger partial charge is 0.213 e. The lowest BCUT2D eigenvalue weighted by Crippen LogP contribution is -2.38. The van der Waals surface area contributed by atoms with Crippen LogP contribution in [0.1, 0.15) is 26.3 Å². The predicted octanol–water partition coefficient (Wildman–Crippen LogP) is 1.54. The second-order valence-corrected chi connectivity index (χ2v) is 7.37. The first-order valence-corrected chi connectivity index (χ1v) is 8.84. The topological polar surface area (TPSA) is 67.4 Å². The molecule has 6 heteroatoms. The van der Waals surface area contributed by atoms with E-state index in [9.17, 15) is 8.42 Å². The Morgan fingerprint density at radius 3 is 2.29 bits per heavy atom. The van der Waals surface area contributed by atoms with Crippen molar-refractivity contribution in [2.24, 2.45) is 0 Å². The molecule has 21 heavy (non-hydrogen) atoms. The van der Waals surface area contributed by atoms with Crippen molar-refractivity contribution >= 4 is 10.0 Å². The number of sulfonamides is 1. The lowest BCUT2D eigenvalue weighted by molar-refractivity contribution is 0.414. The molecule has 0 aromatic heterocycles. The molecular weight excluding hydrogens is 288 g/mol. The van der Waals surface area contributed by atoms with E-state index in [1.54, 1.807) is 7.11 Å². The fraction of sp³-hybridized carbons (Fsp3) is 0.600. The zero-order valence-corrected chi connectivity index (χ0v) is 14.0. The van der Waals surface area contributed by atoms with Crippen LogP contribution in [0.4, 0.5) is 0 Å². The Morgan fingerprint density at radius 1 is 1.14 bits per heavy atom. The Morgan fingerprint density at radius 2 is 1.76 bits per heavy atom. The van der Waals surface area contributed by atoms with Gasteiger partial charge in [0.25, 0.3) is 0 Å². The van der Waals surface area contributed by atoms with Crippen molar-refractivity contribution in [3.05, 3.63) is 29.8 Å². The Hall–Kier alpha value is -1.11. The second kappa shape index (κ2) is 8.36. The number of nitrogens with one attached hydrogen (secondary N) is 2. The first-order chi connectivity index (χ1) is 9.82. The van der Waals surface area contributed by atoms with E-state index < -0.39 is 10.0 Å². The van der Waals surface area contributed by atoms with E-state index in [2.05, 4.69) is 10.0 Å². The van der Waals surface area contributed by atoms with Gasteiger partial charge in [-0.2, -0.15) is 0 Å². The maximum Gasteiger partial charge on any atom is 0.213 e. The number of hydrogen-bond donors (Lipinski definition) is 2. The van der Waals surface area contributed by atoms with E-state index in [1.807, 2.05) is 45.0 Å². The van der Waals surface area contributed by atoms with E-state index in [0.29, 0.717) is 6.54 Å². The molecule has 1 rings (SSSR count). The van der Waals surface area contributed by atoms with Crippen molar-refractivity contribution < 1.29 is 13.2 Å². The molecule has 1 aromatic rings. The molecule has 0 unspecified atom stereocenters. The average molecular weight is 314 g/mol. The maximum atomic E-state index is 11.7. The number of rotatable bonds is 9. The van der Waals surface area contributed by atoms with E-state index >= 15 is 0 Å². The summed E-state index contributed by atoms with van der Waals surface area (Å²) in [5, 5.41) is 3.24. The summed E-state index contributed by atoms with van der Waals surface area (Å²) in [6.45, 7) is 6.13. The first-order valence-electron chi connectivity index (χ1n) is 7.18. The molecule has 2 N–H and O–H groups in total. The maximum absolute atomic E-state index is 11.7. The summed E-state index contributed by atoms with van der Waals surface area (Å²) in [5.41, 5.74) is 1.19. The first kappa shape index (κ1) is 17.9. The van der Waals surface area contributed by atoms with Crippen molar-refractivity contribution in [1.29, 1.82) is 0 Å². The van der Waals surface area contributed by atoms with Gasteiger partial charge in [0.15, 0.2) is 0 Å². The monoisotopic (exact) mass is 314 g/mol. The van der Waals surface area contributed by atoms with E-state index in [0.717, 1.165) is 12.2 Å². The minimum absolute atomic E-state index is 0.0632. The average Bonchev–Trinajstić information content (AvgIpc) is 2.37. The quantitative estimate of drug-likeness (QED) is 0.725. The molecular formula is C15H26N2O3S. The van der Waals surface area contributed by atoms with Crippen LogP contribution >= 0.6 is 0 Å². The van der Waals surface area contributed by atoms with Gasteiger partial charge in [0.1, 0.15) is 5.75 Å². The number of benzene rings is 1. The Bertz CT molecular complexity index is 512. The van der Waals surface area contributed by atoms with Crippen LogP contribution in [0.3, 0.4) is 0 Å². The van der Waals surface area contributed by atoms with Crippen molar-refractivity contribution in [2.45, 2.75) is 39.3 Å². The van der Waals surface area contributed by atoms with Gasteiger partial charge >= 0.3 is 0 Å². The highest BCUT2D eigenvalue weighted by Gasteiger charge is 2.12. The third-order valence-electron chi connectivity index (χ3n) is 2.98. The lowest BCUT2D eigenvalue weighted by atomic mass is 10.1. The zero-order valence-electron chi connectivity index (χ0n) is 13.2. The Labute approximate surface area is 128 Å². The lowest BCUT2D eigenvalue weighted by Gasteiger charge is -2.15. The number of hydrogen-bond acceptors (Lipinski definition) is 4. The van der Waals surface area contributed by atoms with Gasteiger partial charge in [-0.05, 0) is 44.9 Å². The second-order valence-electron chi connectivity index (χ2n) is 5.50. The Kier molecular flexibility index (Phi) is 7.14. The van der Waals surface area contributed by atoms with Crippen LogP contribution in [0.2, 0.25) is 0 Å². The molecule has 0 saturated heterocycles. The molecule has 120 valence electrons. The molecule has 0 bridgehead atoms. The van der Waals surface area contributed by atoms with Gasteiger partial charge in [-0.3, -0.25) is 0 Å². The molecule has 5 nitrogen and oxygen atoms in total. The highest BCUT2D eigenvalue weighted by Crippen LogP contribution is 2.12. The van der Waals surface area contributed by atoms with Crippen molar-refractivity contribution in [2.75, 3.05) is 19.4 Å². The van der Waals surface area contributed by atoms with Crippen LogP contribution in [0, 0.1) is 0 Å². The van der Waals surface area contributed by atoms with Gasteiger partial charge in [-0.1, -0.05) is 12.1 Å².